The zero-order valence-corrected chi connectivity index (χ0v) is 17.3. The molecule has 0 bridgehead atoms. The molecule has 6 nitrogen and oxygen atoms in total. The summed E-state index contributed by atoms with van der Waals surface area (Å²) in [7, 11) is 0. The topological polar surface area (TPSA) is 82.2 Å². The highest BCUT2D eigenvalue weighted by Crippen LogP contribution is 2.28. The number of nitrogens with one attached hydrogen (secondary N) is 3. The molecular formula is C21H19ClF3N5O. The molecular weight excluding hydrogens is 431 g/mol. The average Bonchev–Trinajstić information content (AvgIpc) is 3.17. The van der Waals surface area contributed by atoms with Crippen LogP contribution in [-0.4, -0.2) is 22.1 Å². The van der Waals surface area contributed by atoms with E-state index >= 15 is 0 Å². The van der Waals surface area contributed by atoms with Crippen molar-refractivity contribution >= 4 is 29.3 Å². The number of aromatic amines is 1. The number of carbonyl (C=O) groups is 1. The van der Waals surface area contributed by atoms with E-state index in [1.54, 1.807) is 19.1 Å². The molecule has 2 aromatic carbocycles. The molecule has 1 heterocycles. The Labute approximate surface area is 181 Å². The number of guanidine groups is 1. The lowest BCUT2D eigenvalue weighted by Crippen LogP contribution is -2.36. The Morgan fingerprint density at radius 2 is 1.87 bits per heavy atom. The zero-order valence-electron chi connectivity index (χ0n) is 16.6. The molecule has 0 radical (unpaired) electrons. The normalized spacial score (nSPS) is 13.0. The van der Waals surface area contributed by atoms with Gasteiger partial charge < -0.3 is 5.32 Å². The molecule has 31 heavy (non-hydrogen) atoms. The number of hydrogen-bond acceptors (Lipinski definition) is 3. The van der Waals surface area contributed by atoms with E-state index in [1.165, 1.54) is 12.1 Å². The molecule has 1 amide bonds. The minimum Gasteiger partial charge on any atom is -0.309 e. The van der Waals surface area contributed by atoms with Gasteiger partial charge in [0.05, 0.1) is 6.04 Å². The van der Waals surface area contributed by atoms with E-state index in [-0.39, 0.29) is 11.8 Å². The van der Waals surface area contributed by atoms with E-state index in [4.69, 9.17) is 11.6 Å². The van der Waals surface area contributed by atoms with Gasteiger partial charge in [-0.1, -0.05) is 41.4 Å². The van der Waals surface area contributed by atoms with Gasteiger partial charge in [-0.15, -0.1) is 0 Å². The molecule has 0 spiro atoms. The van der Waals surface area contributed by atoms with Crippen molar-refractivity contribution in [1.29, 1.82) is 0 Å². The summed E-state index contributed by atoms with van der Waals surface area (Å²) in [4.78, 5) is 17.1. The highest BCUT2D eigenvalue weighted by atomic mass is 35.5. The van der Waals surface area contributed by atoms with Crippen LogP contribution in [0.2, 0.25) is 5.02 Å². The van der Waals surface area contributed by atoms with Gasteiger partial charge in [0.15, 0.2) is 5.82 Å². The van der Waals surface area contributed by atoms with Crippen LogP contribution in [0, 0.1) is 6.92 Å². The largest absolute Gasteiger partial charge is 0.432 e. The molecule has 0 aliphatic carbocycles. The third kappa shape index (κ3) is 6.08. The lowest BCUT2D eigenvalue weighted by molar-refractivity contribution is -0.141. The molecule has 3 rings (SSSR count). The van der Waals surface area contributed by atoms with Gasteiger partial charge in [-0.05, 0) is 43.7 Å². The summed E-state index contributed by atoms with van der Waals surface area (Å²) in [6.07, 6.45) is -4.58. The molecule has 0 fully saturated rings. The van der Waals surface area contributed by atoms with Gasteiger partial charge in [0.2, 0.25) is 5.96 Å². The van der Waals surface area contributed by atoms with Gasteiger partial charge in [0.25, 0.3) is 5.91 Å². The summed E-state index contributed by atoms with van der Waals surface area (Å²) in [5.74, 6) is -0.695. The number of amides is 1. The number of aliphatic imine (C=N–C) groups is 1. The molecule has 10 heteroatoms. The van der Waals surface area contributed by atoms with E-state index < -0.39 is 23.8 Å². The van der Waals surface area contributed by atoms with E-state index in [1.807, 2.05) is 36.3 Å². The Balaban J connectivity index is 1.88. The van der Waals surface area contributed by atoms with Crippen molar-refractivity contribution < 1.29 is 18.0 Å². The average molecular weight is 450 g/mol. The number of aromatic nitrogens is 2. The lowest BCUT2D eigenvalue weighted by atomic mass is 10.1. The highest BCUT2D eigenvalue weighted by Gasteiger charge is 2.33. The molecule has 3 N–H and O–H groups in total. The number of H-pyrrole nitrogens is 1. The summed E-state index contributed by atoms with van der Waals surface area (Å²) in [5, 5.41) is 11.2. The molecule has 0 saturated heterocycles. The summed E-state index contributed by atoms with van der Waals surface area (Å²) in [6, 6.07) is 14.2. The molecule has 3 aromatic rings. The fourth-order valence-corrected chi connectivity index (χ4v) is 2.85. The Bertz CT molecular complexity index is 1090. The Morgan fingerprint density at radius 1 is 1.16 bits per heavy atom. The monoisotopic (exact) mass is 449 g/mol. The second-order valence-electron chi connectivity index (χ2n) is 6.82. The van der Waals surface area contributed by atoms with Crippen LogP contribution in [0.4, 0.5) is 19.0 Å². The van der Waals surface area contributed by atoms with E-state index in [9.17, 15) is 18.0 Å². The van der Waals surface area contributed by atoms with Gasteiger partial charge in [0, 0.05) is 16.7 Å². The summed E-state index contributed by atoms with van der Waals surface area (Å²) in [6.45, 7) is 3.74. The number of alkyl halides is 3. The first kappa shape index (κ1) is 22.4. The van der Waals surface area contributed by atoms with E-state index in [0.29, 0.717) is 10.6 Å². The lowest BCUT2D eigenvalue weighted by Gasteiger charge is -2.14. The third-order valence-electron chi connectivity index (χ3n) is 4.32. The number of hydrogen-bond donors (Lipinski definition) is 3. The first-order valence-electron chi connectivity index (χ1n) is 9.23. The molecule has 1 atom stereocenters. The maximum atomic E-state index is 12.9. The minimum absolute atomic E-state index is 0.0471. The third-order valence-corrected chi connectivity index (χ3v) is 4.57. The van der Waals surface area contributed by atoms with E-state index in [0.717, 1.165) is 17.2 Å². The van der Waals surface area contributed by atoms with Crippen LogP contribution in [0.5, 0.6) is 0 Å². The number of nitrogens with zero attached hydrogens (tertiary/aromatic N) is 2. The van der Waals surface area contributed by atoms with Crippen molar-refractivity contribution in [3.63, 3.8) is 0 Å². The van der Waals surface area contributed by atoms with Crippen molar-refractivity contribution in [2.24, 2.45) is 4.99 Å². The van der Waals surface area contributed by atoms with Crippen LogP contribution in [0.15, 0.2) is 59.6 Å². The smallest absolute Gasteiger partial charge is 0.309 e. The number of anilines is 1. The summed E-state index contributed by atoms with van der Waals surface area (Å²) < 4.78 is 38.6. The fraction of sp³-hybridized carbons (Fsp3) is 0.190. The zero-order chi connectivity index (χ0) is 22.6. The fourth-order valence-electron chi connectivity index (χ4n) is 2.73. The first-order valence-corrected chi connectivity index (χ1v) is 9.60. The predicted octanol–water partition coefficient (Wildman–Crippen LogP) is 5.35. The molecule has 0 saturated carbocycles. The maximum Gasteiger partial charge on any atom is 0.432 e. The second kappa shape index (κ2) is 9.22. The number of aryl methyl sites for hydroxylation is 1. The molecule has 1 aromatic heterocycles. The van der Waals surface area contributed by atoms with Gasteiger partial charge in [-0.2, -0.15) is 18.3 Å². The van der Waals surface area contributed by atoms with Crippen molar-refractivity contribution in [3.8, 4) is 0 Å². The summed E-state index contributed by atoms with van der Waals surface area (Å²) in [5.41, 5.74) is 1.18. The summed E-state index contributed by atoms with van der Waals surface area (Å²) >= 11 is 5.85. The SMILES string of the molecule is Cc1cccc(C(C)N=C(NC(=O)c2ccc(Cl)cc2)Nc2cc(C(F)(F)F)[nH]n2)c1. The highest BCUT2D eigenvalue weighted by molar-refractivity contribution is 6.30. The molecule has 0 aliphatic heterocycles. The minimum atomic E-state index is -4.58. The second-order valence-corrected chi connectivity index (χ2v) is 7.25. The van der Waals surface area contributed by atoms with E-state index in [2.05, 4.69) is 20.7 Å². The number of rotatable bonds is 4. The number of halogens is 4. The Hall–Kier alpha value is -3.33. The van der Waals surface area contributed by atoms with Crippen LogP contribution in [0.25, 0.3) is 0 Å². The van der Waals surface area contributed by atoms with Gasteiger partial charge in [0.1, 0.15) is 5.69 Å². The molecule has 162 valence electrons. The Kier molecular flexibility index (Phi) is 6.65. The van der Waals surface area contributed by atoms with Crippen molar-refractivity contribution in [2.45, 2.75) is 26.1 Å². The van der Waals surface area contributed by atoms with Crippen molar-refractivity contribution in [2.75, 3.05) is 5.32 Å². The van der Waals surface area contributed by atoms with Crippen LogP contribution < -0.4 is 10.6 Å². The standard InChI is InChI=1S/C21H19ClF3N5O/c1-12-4-3-5-15(10-12)13(2)26-20(27-18-11-17(29-30-18)21(23,24)25)28-19(31)14-6-8-16(22)9-7-14/h3-11,13H,1-2H3,(H3,26,27,28,29,30,31). The van der Waals surface area contributed by atoms with Gasteiger partial charge >= 0.3 is 6.18 Å². The van der Waals surface area contributed by atoms with Crippen LogP contribution in [-0.2, 0) is 6.18 Å². The predicted molar refractivity (Wildman–Crippen MR) is 113 cm³/mol. The van der Waals surface area contributed by atoms with Crippen molar-refractivity contribution in [1.82, 2.24) is 15.5 Å². The molecule has 1 unspecified atom stereocenters. The van der Waals surface area contributed by atoms with Crippen LogP contribution >= 0.6 is 11.6 Å². The molecule has 0 aliphatic rings. The Morgan fingerprint density at radius 3 is 2.48 bits per heavy atom. The maximum absolute atomic E-state index is 12.9. The van der Waals surface area contributed by atoms with Crippen LogP contribution in [0.3, 0.4) is 0 Å². The van der Waals surface area contributed by atoms with Crippen molar-refractivity contribution in [3.05, 3.63) is 82.0 Å². The van der Waals surface area contributed by atoms with Crippen LogP contribution in [0.1, 0.15) is 40.1 Å². The number of carbonyl (C=O) groups excluding carboxylic acids is 1. The number of benzene rings is 2. The van der Waals surface area contributed by atoms with Gasteiger partial charge in [-0.3, -0.25) is 15.2 Å². The van der Waals surface area contributed by atoms with Gasteiger partial charge in [-0.25, -0.2) is 4.99 Å². The quantitative estimate of drug-likeness (QED) is 0.371. The first-order chi connectivity index (χ1) is 14.6.